The van der Waals surface area contributed by atoms with Crippen LogP contribution in [0.2, 0.25) is 0 Å². The number of likely N-dealkylation sites (tertiary alicyclic amines) is 1. The van der Waals surface area contributed by atoms with E-state index in [1.807, 2.05) is 32.0 Å². The quantitative estimate of drug-likeness (QED) is 0.0492. The molecule has 4 heterocycles. The predicted octanol–water partition coefficient (Wildman–Crippen LogP) is 11.8. The summed E-state index contributed by atoms with van der Waals surface area (Å²) in [5, 5.41) is 3.33. The first-order valence-electron chi connectivity index (χ1n) is 27.7. The molecule has 71 heavy (non-hydrogen) atoms. The van der Waals surface area contributed by atoms with Gasteiger partial charge in [-0.15, -0.1) is 0 Å². The van der Waals surface area contributed by atoms with Crippen molar-refractivity contribution in [1.82, 2.24) is 20.2 Å². The number of carbonyl (C=O) groups is 2. The molecule has 10 rings (SSSR count). The molecule has 2 aliphatic heterocycles. The van der Waals surface area contributed by atoms with Gasteiger partial charge in [0, 0.05) is 55.6 Å². The van der Waals surface area contributed by atoms with E-state index in [1.165, 1.54) is 129 Å². The van der Waals surface area contributed by atoms with Gasteiger partial charge in [-0.2, -0.15) is 0 Å². The largest absolute Gasteiger partial charge is 0.465 e. The van der Waals surface area contributed by atoms with Crippen molar-refractivity contribution >= 4 is 27.9 Å². The number of nitrogens with zero attached hydrogens (tertiary/aromatic N) is 3. The van der Waals surface area contributed by atoms with Crippen LogP contribution in [0.4, 0.5) is 0 Å². The number of aryl methyl sites for hydroxylation is 6. The third-order valence-electron chi connectivity index (χ3n) is 15.0. The van der Waals surface area contributed by atoms with Gasteiger partial charge in [-0.05, 0) is 206 Å². The lowest BCUT2D eigenvalue weighted by Crippen LogP contribution is -2.35. The second-order valence-electron chi connectivity index (χ2n) is 20.5. The van der Waals surface area contributed by atoms with E-state index in [0.29, 0.717) is 31.2 Å². The number of hydrogen-bond acceptors (Lipinski definition) is 10. The predicted molar refractivity (Wildman–Crippen MR) is 285 cm³/mol. The highest BCUT2D eigenvalue weighted by molar-refractivity contribution is 9.09. The van der Waals surface area contributed by atoms with Crippen molar-refractivity contribution in [3.8, 4) is 0 Å². The van der Waals surface area contributed by atoms with Crippen LogP contribution in [0.3, 0.4) is 0 Å². The summed E-state index contributed by atoms with van der Waals surface area (Å²) in [5.41, 5.74) is 12.9. The highest BCUT2D eigenvalue weighted by Gasteiger charge is 2.38. The lowest BCUT2D eigenvalue weighted by atomic mass is 9.95. The Bertz CT molecular complexity index is 2290. The summed E-state index contributed by atoms with van der Waals surface area (Å²) >= 11 is 3.42. The van der Waals surface area contributed by atoms with Crippen LogP contribution in [0, 0.1) is 0 Å². The van der Waals surface area contributed by atoms with E-state index in [9.17, 15) is 9.59 Å². The van der Waals surface area contributed by atoms with Crippen molar-refractivity contribution in [2.75, 3.05) is 52.6 Å². The number of ether oxygens (including phenoxy) is 4. The summed E-state index contributed by atoms with van der Waals surface area (Å²) in [6.07, 6.45) is 24.3. The van der Waals surface area contributed by atoms with Gasteiger partial charge in [0.1, 0.15) is 10.9 Å². The van der Waals surface area contributed by atoms with Gasteiger partial charge in [-0.1, -0.05) is 76.6 Å². The first-order chi connectivity index (χ1) is 34.9. The number of aromatic nitrogens is 2. The van der Waals surface area contributed by atoms with Crippen LogP contribution in [0.15, 0.2) is 72.8 Å². The zero-order valence-corrected chi connectivity index (χ0v) is 44.4. The van der Waals surface area contributed by atoms with E-state index in [4.69, 9.17) is 28.9 Å². The molecule has 0 spiro atoms. The fourth-order valence-electron chi connectivity index (χ4n) is 10.8. The van der Waals surface area contributed by atoms with Crippen molar-refractivity contribution < 1.29 is 28.5 Å². The Hall–Kier alpha value is -4.00. The van der Waals surface area contributed by atoms with Gasteiger partial charge in [0.05, 0.1) is 25.4 Å². The molecular weight excluding hydrogens is 953 g/mol. The van der Waals surface area contributed by atoms with Gasteiger partial charge in [0.2, 0.25) is 0 Å². The Morgan fingerprint density at radius 3 is 1.73 bits per heavy atom. The number of benzene rings is 2. The molecule has 2 saturated carbocycles. The zero-order valence-electron chi connectivity index (χ0n) is 42.9. The summed E-state index contributed by atoms with van der Waals surface area (Å²) in [5.74, 6) is 0.919. The molecule has 4 aromatic rings. The lowest BCUT2D eigenvalue weighted by molar-refractivity contribution is -0.149. The van der Waals surface area contributed by atoms with Crippen molar-refractivity contribution in [2.45, 2.75) is 177 Å². The van der Waals surface area contributed by atoms with Crippen LogP contribution in [-0.2, 0) is 67.1 Å². The Morgan fingerprint density at radius 2 is 1.17 bits per heavy atom. The molecule has 10 nitrogen and oxygen atoms in total. The fraction of sp³-hybridized carbons (Fsp3) is 0.600. The average Bonchev–Trinajstić information content (AvgIpc) is 4.34. The van der Waals surface area contributed by atoms with E-state index in [2.05, 4.69) is 80.7 Å². The normalized spacial score (nSPS) is 20.3. The SMILES string of the molecule is CCOC(=O)C(Br)c1ccccc1C1CC1.CCOC(=O)C(c1ccccc1C1CC1)N1CC[C@@H](OCCCCc2ccc3c(n2)CCCC3)C1.c1cc2c(nc1CCCCO[C@@H]1CCNC1)CCCC2. The van der Waals surface area contributed by atoms with Crippen molar-refractivity contribution in [2.24, 2.45) is 0 Å². The molecule has 384 valence electrons. The Labute approximate surface area is 433 Å². The minimum Gasteiger partial charge on any atom is -0.465 e. The molecule has 4 aliphatic carbocycles. The first kappa shape index (κ1) is 53.3. The van der Waals surface area contributed by atoms with E-state index >= 15 is 0 Å². The van der Waals surface area contributed by atoms with Gasteiger partial charge < -0.3 is 24.3 Å². The maximum Gasteiger partial charge on any atom is 0.328 e. The Kier molecular flexibility index (Phi) is 20.9. The fourth-order valence-corrected chi connectivity index (χ4v) is 11.4. The molecule has 11 heteroatoms. The number of hydrogen-bond donors (Lipinski definition) is 1. The monoisotopic (exact) mass is 1030 g/mol. The van der Waals surface area contributed by atoms with Crippen LogP contribution >= 0.6 is 15.9 Å². The molecule has 4 atom stereocenters. The van der Waals surface area contributed by atoms with E-state index < -0.39 is 0 Å². The van der Waals surface area contributed by atoms with Crippen LogP contribution in [0.1, 0.15) is 183 Å². The number of carbonyl (C=O) groups excluding carboxylic acids is 2. The lowest BCUT2D eigenvalue weighted by Gasteiger charge is -2.28. The summed E-state index contributed by atoms with van der Waals surface area (Å²) in [6, 6.07) is 25.3. The van der Waals surface area contributed by atoms with Gasteiger partial charge >= 0.3 is 11.9 Å². The number of unbranched alkanes of at least 4 members (excludes halogenated alkanes) is 2. The van der Waals surface area contributed by atoms with Gasteiger partial charge in [0.25, 0.3) is 0 Å². The van der Waals surface area contributed by atoms with Crippen molar-refractivity contribution in [3.63, 3.8) is 0 Å². The van der Waals surface area contributed by atoms with E-state index in [1.54, 1.807) is 0 Å². The molecule has 2 aromatic carbocycles. The number of rotatable bonds is 21. The van der Waals surface area contributed by atoms with E-state index in [0.717, 1.165) is 95.5 Å². The maximum atomic E-state index is 13.0. The summed E-state index contributed by atoms with van der Waals surface area (Å²) in [7, 11) is 0. The number of alkyl halides is 1. The van der Waals surface area contributed by atoms with Gasteiger partial charge in [-0.3, -0.25) is 19.7 Å². The molecular formula is C60H81BrN4O6. The number of fused-ring (bicyclic) bond motifs is 2. The molecule has 0 amide bonds. The Balaban J connectivity index is 0.000000158. The molecule has 2 saturated heterocycles. The van der Waals surface area contributed by atoms with Crippen molar-refractivity contribution in [1.29, 1.82) is 0 Å². The second-order valence-corrected chi connectivity index (χ2v) is 21.4. The number of pyridine rings is 2. The summed E-state index contributed by atoms with van der Waals surface area (Å²) in [4.78, 5) is 36.4. The third kappa shape index (κ3) is 16.0. The van der Waals surface area contributed by atoms with Crippen LogP contribution in [-0.4, -0.2) is 91.6 Å². The highest BCUT2D eigenvalue weighted by atomic mass is 79.9. The summed E-state index contributed by atoms with van der Waals surface area (Å²) in [6.45, 7) is 10.0. The number of esters is 2. The molecule has 1 N–H and O–H groups in total. The first-order valence-corrected chi connectivity index (χ1v) is 28.6. The molecule has 2 aromatic heterocycles. The summed E-state index contributed by atoms with van der Waals surface area (Å²) < 4.78 is 22.7. The topological polar surface area (TPSA) is 112 Å². The molecule has 2 unspecified atom stereocenters. The van der Waals surface area contributed by atoms with Gasteiger partial charge in [-0.25, -0.2) is 4.79 Å². The molecule has 6 aliphatic rings. The third-order valence-corrected chi connectivity index (χ3v) is 15.9. The minimum atomic E-state index is -0.329. The highest BCUT2D eigenvalue weighted by Crippen LogP contribution is 2.45. The second kappa shape index (κ2) is 27.9. The average molecular weight is 1030 g/mol. The molecule has 4 fully saturated rings. The maximum absolute atomic E-state index is 13.0. The zero-order chi connectivity index (χ0) is 49.2. The van der Waals surface area contributed by atoms with E-state index in [-0.39, 0.29) is 28.9 Å². The van der Waals surface area contributed by atoms with Crippen LogP contribution in [0.5, 0.6) is 0 Å². The van der Waals surface area contributed by atoms with Crippen LogP contribution < -0.4 is 5.32 Å². The smallest absolute Gasteiger partial charge is 0.328 e. The number of nitrogens with one attached hydrogen (secondary N) is 1. The molecule has 0 bridgehead atoms. The van der Waals surface area contributed by atoms with Gasteiger partial charge in [0.15, 0.2) is 0 Å². The van der Waals surface area contributed by atoms with Crippen molar-refractivity contribution in [3.05, 3.63) is 129 Å². The Morgan fingerprint density at radius 1 is 0.634 bits per heavy atom. The van der Waals surface area contributed by atoms with Crippen LogP contribution in [0.25, 0.3) is 0 Å². The molecule has 0 radical (unpaired) electrons. The standard InChI is InChI=1S/C30H40N2O3.C17H26N2O.C13H15BrO2/c1-2-34-30(33)29(27-12-5-4-11-26(27)22-14-15-22)32-19-18-25(21-32)35-20-8-7-10-24-17-16-23-9-3-6-13-28(23)31-24;1-2-7-17-14(5-1)8-9-15(19-17)6-3-4-12-20-16-10-11-18-13-16;1-2-16-13(15)12(14)11-6-4-3-5-10(11)9-7-8-9/h4-5,11-12,16-17,22,25,29H,2-3,6-10,13-15,18-21H2,1H3;8-9,16,18H,1-7,10-13H2;3-6,9,12H,2,7-8H2,1H3/t25-,29?;16-;/m11./s1. The minimum absolute atomic E-state index is 0.126. The number of halogens is 1.